The van der Waals surface area contributed by atoms with Gasteiger partial charge in [-0.2, -0.15) is 0 Å². The number of halogens is 1. The smallest absolute Gasteiger partial charge is 0.287 e. The number of furan rings is 1. The average Bonchev–Trinajstić information content (AvgIpc) is 3.46. The molecule has 4 heterocycles. The van der Waals surface area contributed by atoms with E-state index in [0.29, 0.717) is 36.7 Å². The van der Waals surface area contributed by atoms with E-state index < -0.39 is 15.8 Å². The van der Waals surface area contributed by atoms with Gasteiger partial charge in [-0.1, -0.05) is 6.07 Å². The summed E-state index contributed by atoms with van der Waals surface area (Å²) in [6.07, 6.45) is 3.60. The zero-order valence-electron chi connectivity index (χ0n) is 18.7. The second kappa shape index (κ2) is 9.05. The van der Waals surface area contributed by atoms with Gasteiger partial charge in [0.2, 0.25) is 5.91 Å². The van der Waals surface area contributed by atoms with Crippen LogP contribution in [-0.4, -0.2) is 57.4 Å². The summed E-state index contributed by atoms with van der Waals surface area (Å²) < 4.78 is 43.0. The van der Waals surface area contributed by atoms with Gasteiger partial charge in [-0.3, -0.25) is 9.59 Å². The Morgan fingerprint density at radius 1 is 1.18 bits per heavy atom. The lowest BCUT2D eigenvalue weighted by Gasteiger charge is -2.40. The van der Waals surface area contributed by atoms with E-state index in [-0.39, 0.29) is 53.4 Å². The lowest BCUT2D eigenvalue weighted by Crippen LogP contribution is -2.45. The molecule has 182 valence electrons. The van der Waals surface area contributed by atoms with E-state index in [1.165, 1.54) is 12.3 Å². The fourth-order valence-corrected chi connectivity index (χ4v) is 7.12. The van der Waals surface area contributed by atoms with Gasteiger partial charge < -0.3 is 20.0 Å². The molecule has 10 heteroatoms. The molecule has 3 aliphatic heterocycles. The van der Waals surface area contributed by atoms with Crippen LogP contribution in [0.1, 0.15) is 41.3 Å². The van der Waals surface area contributed by atoms with Crippen LogP contribution in [0.2, 0.25) is 0 Å². The van der Waals surface area contributed by atoms with E-state index in [9.17, 15) is 18.0 Å². The van der Waals surface area contributed by atoms with Crippen molar-refractivity contribution in [2.45, 2.75) is 31.2 Å². The molecule has 0 radical (unpaired) electrons. The first-order chi connectivity index (χ1) is 16.3. The molecule has 0 aliphatic carbocycles. The van der Waals surface area contributed by atoms with Crippen LogP contribution in [0.5, 0.6) is 0 Å². The summed E-state index contributed by atoms with van der Waals surface area (Å²) in [6, 6.07) is 7.93. The Kier molecular flexibility index (Phi) is 6.09. The van der Waals surface area contributed by atoms with Crippen molar-refractivity contribution in [3.05, 3.63) is 53.7 Å². The maximum Gasteiger partial charge on any atom is 0.287 e. The number of carbonyl (C=O) groups is 2. The highest BCUT2D eigenvalue weighted by atomic mass is 32.2. The van der Waals surface area contributed by atoms with Crippen molar-refractivity contribution in [2.75, 3.05) is 36.0 Å². The molecule has 0 spiro atoms. The predicted octanol–water partition coefficient (Wildman–Crippen LogP) is 2.08. The SMILES string of the molecule is O=C(NCC1C[C@@H](c2ccc(N3CCC(C4CS(=O)(=O)C4)CC3)c(F)c2)C(=O)N1)c1ccco1. The molecule has 1 aromatic carbocycles. The lowest BCUT2D eigenvalue weighted by atomic mass is 9.85. The molecule has 2 atom stereocenters. The summed E-state index contributed by atoms with van der Waals surface area (Å²) in [7, 11) is -2.82. The minimum Gasteiger partial charge on any atom is -0.459 e. The Morgan fingerprint density at radius 3 is 2.59 bits per heavy atom. The molecule has 3 fully saturated rings. The second-order valence-corrected chi connectivity index (χ2v) is 11.7. The molecule has 0 saturated carbocycles. The summed E-state index contributed by atoms with van der Waals surface area (Å²) in [6.45, 7) is 1.65. The number of rotatable bonds is 6. The summed E-state index contributed by atoms with van der Waals surface area (Å²) in [5, 5.41) is 5.62. The van der Waals surface area contributed by atoms with E-state index in [2.05, 4.69) is 10.6 Å². The average molecular weight is 490 g/mol. The quantitative estimate of drug-likeness (QED) is 0.643. The van der Waals surface area contributed by atoms with Crippen LogP contribution in [0, 0.1) is 17.7 Å². The van der Waals surface area contributed by atoms with E-state index in [1.54, 1.807) is 24.3 Å². The highest BCUT2D eigenvalue weighted by Crippen LogP contribution is 2.36. The molecular formula is C24H28FN3O5S. The molecule has 3 saturated heterocycles. The van der Waals surface area contributed by atoms with Crippen molar-refractivity contribution in [1.29, 1.82) is 0 Å². The van der Waals surface area contributed by atoms with Crippen molar-refractivity contribution in [1.82, 2.24) is 10.6 Å². The van der Waals surface area contributed by atoms with Gasteiger partial charge in [0.25, 0.3) is 5.91 Å². The van der Waals surface area contributed by atoms with Gasteiger partial charge in [-0.15, -0.1) is 0 Å². The normalized spacial score (nSPS) is 25.1. The maximum absolute atomic E-state index is 15.0. The summed E-state index contributed by atoms with van der Waals surface area (Å²) in [5.74, 6) is 0.0632. The minimum atomic E-state index is -2.82. The first-order valence-corrected chi connectivity index (χ1v) is 13.5. The number of amides is 2. The van der Waals surface area contributed by atoms with Crippen molar-refractivity contribution in [3.8, 4) is 0 Å². The highest BCUT2D eigenvalue weighted by Gasteiger charge is 2.40. The van der Waals surface area contributed by atoms with Crippen LogP contribution in [0.15, 0.2) is 41.0 Å². The van der Waals surface area contributed by atoms with Gasteiger partial charge in [-0.25, -0.2) is 12.8 Å². The van der Waals surface area contributed by atoms with E-state index in [4.69, 9.17) is 4.42 Å². The third-order valence-corrected chi connectivity index (χ3v) is 9.17. The number of piperidine rings is 1. The Bertz CT molecular complexity index is 1160. The minimum absolute atomic E-state index is 0.180. The Hall–Kier alpha value is -2.88. The molecule has 3 aliphatic rings. The van der Waals surface area contributed by atoms with Gasteiger partial charge in [0.05, 0.1) is 29.4 Å². The molecule has 5 rings (SSSR count). The van der Waals surface area contributed by atoms with Gasteiger partial charge >= 0.3 is 0 Å². The van der Waals surface area contributed by atoms with Crippen molar-refractivity contribution in [3.63, 3.8) is 0 Å². The number of nitrogens with one attached hydrogen (secondary N) is 2. The van der Waals surface area contributed by atoms with Crippen LogP contribution < -0.4 is 15.5 Å². The van der Waals surface area contributed by atoms with Gasteiger partial charge in [0.1, 0.15) is 5.82 Å². The summed E-state index contributed by atoms with van der Waals surface area (Å²) in [4.78, 5) is 26.6. The van der Waals surface area contributed by atoms with Crippen LogP contribution in [-0.2, 0) is 14.6 Å². The lowest BCUT2D eigenvalue weighted by molar-refractivity contribution is -0.120. The zero-order valence-corrected chi connectivity index (χ0v) is 19.5. The van der Waals surface area contributed by atoms with Crippen molar-refractivity contribution >= 4 is 27.3 Å². The largest absolute Gasteiger partial charge is 0.459 e. The number of carbonyl (C=O) groups excluding carboxylic acids is 2. The molecule has 8 nitrogen and oxygen atoms in total. The first-order valence-electron chi connectivity index (χ1n) is 11.7. The predicted molar refractivity (Wildman–Crippen MR) is 124 cm³/mol. The van der Waals surface area contributed by atoms with E-state index in [0.717, 1.165) is 12.8 Å². The van der Waals surface area contributed by atoms with Crippen LogP contribution in [0.3, 0.4) is 0 Å². The van der Waals surface area contributed by atoms with Crippen molar-refractivity contribution < 1.29 is 26.8 Å². The number of anilines is 1. The standard InChI is InChI=1S/C24H28FN3O5S/c25-20-10-16(19-11-18(27-23(19)29)12-26-24(30)22-2-1-9-33-22)3-4-21(20)28-7-5-15(6-8-28)17-13-34(31,32)14-17/h1-4,9-10,15,17-19H,5-8,11-14H2,(H,26,30)(H,27,29)/t18?,19-/m0/s1. The Labute approximate surface area is 197 Å². The van der Waals surface area contributed by atoms with Crippen molar-refractivity contribution in [2.24, 2.45) is 11.8 Å². The molecule has 2 aromatic rings. The number of benzene rings is 1. The number of nitrogens with zero attached hydrogens (tertiary/aromatic N) is 1. The maximum atomic E-state index is 15.0. The Balaban J connectivity index is 1.16. The van der Waals surface area contributed by atoms with Gasteiger partial charge in [0, 0.05) is 25.7 Å². The van der Waals surface area contributed by atoms with Gasteiger partial charge in [-0.05, 0) is 60.9 Å². The summed E-state index contributed by atoms with van der Waals surface area (Å²) >= 11 is 0. The zero-order chi connectivity index (χ0) is 23.9. The first kappa shape index (κ1) is 22.9. The third-order valence-electron chi connectivity index (χ3n) is 7.29. The van der Waals surface area contributed by atoms with E-state index >= 15 is 4.39 Å². The van der Waals surface area contributed by atoms with Crippen LogP contribution in [0.25, 0.3) is 0 Å². The second-order valence-electron chi connectivity index (χ2n) is 9.55. The van der Waals surface area contributed by atoms with Gasteiger partial charge in [0.15, 0.2) is 15.6 Å². The van der Waals surface area contributed by atoms with Crippen LogP contribution in [0.4, 0.5) is 10.1 Å². The number of sulfone groups is 1. The number of hydrogen-bond donors (Lipinski definition) is 2. The Morgan fingerprint density at radius 2 is 1.94 bits per heavy atom. The fourth-order valence-electron chi connectivity index (χ4n) is 5.37. The molecule has 2 amide bonds. The molecule has 1 aromatic heterocycles. The molecule has 0 bridgehead atoms. The highest BCUT2D eigenvalue weighted by molar-refractivity contribution is 7.92. The molecule has 34 heavy (non-hydrogen) atoms. The molecule has 2 N–H and O–H groups in total. The molecule has 1 unspecified atom stereocenters. The third kappa shape index (κ3) is 4.68. The topological polar surface area (TPSA) is 109 Å². The monoisotopic (exact) mass is 489 g/mol. The van der Waals surface area contributed by atoms with Crippen LogP contribution >= 0.6 is 0 Å². The number of hydrogen-bond acceptors (Lipinski definition) is 6. The van der Waals surface area contributed by atoms with E-state index in [1.807, 2.05) is 4.90 Å². The molecular weight excluding hydrogens is 461 g/mol. The summed E-state index contributed by atoms with van der Waals surface area (Å²) in [5.41, 5.74) is 1.14. The fraction of sp³-hybridized carbons (Fsp3) is 0.500.